The fraction of sp³-hybridized carbons (Fsp3) is 0.286. The van der Waals surface area contributed by atoms with Gasteiger partial charge in [0.25, 0.3) is 11.8 Å². The van der Waals surface area contributed by atoms with Crippen molar-refractivity contribution in [3.63, 3.8) is 0 Å². The van der Waals surface area contributed by atoms with Crippen molar-refractivity contribution in [2.24, 2.45) is 0 Å². The van der Waals surface area contributed by atoms with E-state index >= 15 is 0 Å². The summed E-state index contributed by atoms with van der Waals surface area (Å²) in [6.07, 6.45) is 2.43. The minimum Gasteiger partial charge on any atom is -0.415 e. The number of nitrogens with zero attached hydrogens (tertiary/aromatic N) is 3. The molecule has 4 aromatic rings. The molecule has 1 unspecified atom stereocenters. The van der Waals surface area contributed by atoms with Crippen LogP contribution >= 0.6 is 11.3 Å². The van der Waals surface area contributed by atoms with E-state index in [0.717, 1.165) is 29.9 Å². The average Bonchev–Trinajstić information content (AvgIpc) is 3.50. The van der Waals surface area contributed by atoms with Crippen LogP contribution in [0.1, 0.15) is 35.4 Å². The van der Waals surface area contributed by atoms with Gasteiger partial charge in [0.05, 0.1) is 11.4 Å². The van der Waals surface area contributed by atoms with Gasteiger partial charge in [-0.15, -0.1) is 21.5 Å². The third kappa shape index (κ3) is 3.16. The number of quaternary nitrogens is 1. The predicted molar refractivity (Wildman–Crippen MR) is 106 cm³/mol. The molecule has 1 fully saturated rings. The summed E-state index contributed by atoms with van der Waals surface area (Å²) in [7, 11) is 0. The van der Waals surface area contributed by atoms with Crippen LogP contribution in [0.2, 0.25) is 0 Å². The van der Waals surface area contributed by atoms with Crippen molar-refractivity contribution in [3.8, 4) is 22.7 Å². The first kappa shape index (κ1) is 17.3. The minimum atomic E-state index is 0.471. The van der Waals surface area contributed by atoms with Gasteiger partial charge in [-0.2, -0.15) is 0 Å². The van der Waals surface area contributed by atoms with Gasteiger partial charge in [0.2, 0.25) is 0 Å². The Morgan fingerprint density at radius 2 is 2.04 bits per heavy atom. The zero-order chi connectivity index (χ0) is 18.9. The van der Waals surface area contributed by atoms with Crippen LogP contribution in [0, 0.1) is 6.92 Å². The number of aromatic nitrogens is 3. The standard InChI is InChI=1S/C21H20N4O2S/c1-14-19(20(24-27-14)15-7-3-2-4-8-15)21-23-22-18(26-21)13-25-11-5-9-16(25)17-10-6-12-28-17/h2-4,6-8,10,12,16H,5,9,11,13H2,1H3/p+1/t16-/m0/s1. The van der Waals surface area contributed by atoms with Crippen molar-refractivity contribution in [2.75, 3.05) is 6.54 Å². The summed E-state index contributed by atoms with van der Waals surface area (Å²) in [5.74, 6) is 1.81. The molecule has 7 heteroatoms. The molecular weight excluding hydrogens is 372 g/mol. The fourth-order valence-corrected chi connectivity index (χ4v) is 4.91. The molecule has 1 aliphatic heterocycles. The van der Waals surface area contributed by atoms with E-state index in [1.807, 2.05) is 48.6 Å². The van der Waals surface area contributed by atoms with E-state index in [4.69, 9.17) is 8.94 Å². The van der Waals surface area contributed by atoms with E-state index in [0.29, 0.717) is 23.6 Å². The van der Waals surface area contributed by atoms with Crippen molar-refractivity contribution in [2.45, 2.75) is 32.4 Å². The average molecular weight is 393 g/mol. The highest BCUT2D eigenvalue weighted by molar-refractivity contribution is 7.10. The van der Waals surface area contributed by atoms with Gasteiger partial charge < -0.3 is 13.8 Å². The topological polar surface area (TPSA) is 69.4 Å². The maximum atomic E-state index is 6.06. The van der Waals surface area contributed by atoms with Gasteiger partial charge in [-0.25, -0.2) is 0 Å². The largest absolute Gasteiger partial charge is 0.415 e. The van der Waals surface area contributed by atoms with Crippen LogP contribution in [-0.2, 0) is 6.54 Å². The highest BCUT2D eigenvalue weighted by Crippen LogP contribution is 2.33. The van der Waals surface area contributed by atoms with Gasteiger partial charge in [-0.3, -0.25) is 0 Å². The van der Waals surface area contributed by atoms with E-state index in [2.05, 4.69) is 32.9 Å². The molecule has 4 heterocycles. The van der Waals surface area contributed by atoms with Crippen molar-refractivity contribution in [3.05, 3.63) is 64.4 Å². The summed E-state index contributed by atoms with van der Waals surface area (Å²) in [6, 6.07) is 14.8. The lowest BCUT2D eigenvalue weighted by molar-refractivity contribution is -0.932. The van der Waals surface area contributed by atoms with Gasteiger partial charge in [-0.1, -0.05) is 41.6 Å². The number of hydrogen-bond acceptors (Lipinski definition) is 6. The van der Waals surface area contributed by atoms with Crippen LogP contribution in [0.3, 0.4) is 0 Å². The third-order valence-corrected chi connectivity index (χ3v) is 6.33. The number of rotatable bonds is 5. The van der Waals surface area contributed by atoms with E-state index < -0.39 is 0 Å². The van der Waals surface area contributed by atoms with Crippen molar-refractivity contribution >= 4 is 11.3 Å². The van der Waals surface area contributed by atoms with Gasteiger partial charge in [0.1, 0.15) is 23.1 Å². The molecule has 5 rings (SSSR count). The number of nitrogens with one attached hydrogen (secondary N) is 1. The zero-order valence-electron chi connectivity index (χ0n) is 15.6. The summed E-state index contributed by atoms with van der Waals surface area (Å²) in [5.41, 5.74) is 2.48. The molecule has 6 nitrogen and oxygen atoms in total. The van der Waals surface area contributed by atoms with Crippen molar-refractivity contribution in [1.29, 1.82) is 0 Å². The molecule has 0 spiro atoms. The molecule has 1 aliphatic rings. The molecule has 0 amide bonds. The number of aryl methyl sites for hydroxylation is 1. The molecule has 28 heavy (non-hydrogen) atoms. The van der Waals surface area contributed by atoms with Crippen LogP contribution in [0.15, 0.2) is 56.8 Å². The van der Waals surface area contributed by atoms with Gasteiger partial charge in [0, 0.05) is 18.4 Å². The SMILES string of the molecule is Cc1onc(-c2ccccc2)c1-c1nnc(C[NH+]2CCC[C@H]2c2cccs2)o1. The predicted octanol–water partition coefficient (Wildman–Crippen LogP) is 3.68. The summed E-state index contributed by atoms with van der Waals surface area (Å²) >= 11 is 1.83. The normalized spacial score (nSPS) is 19.3. The Kier molecular flexibility index (Phi) is 4.54. The first-order valence-electron chi connectivity index (χ1n) is 9.52. The number of benzene rings is 1. The first-order chi connectivity index (χ1) is 13.8. The van der Waals surface area contributed by atoms with Crippen molar-refractivity contribution in [1.82, 2.24) is 15.4 Å². The Morgan fingerprint density at radius 3 is 2.86 bits per heavy atom. The first-order valence-corrected chi connectivity index (χ1v) is 10.4. The molecule has 1 aromatic carbocycles. The molecule has 1 saturated heterocycles. The third-order valence-electron chi connectivity index (χ3n) is 5.34. The van der Waals surface area contributed by atoms with Crippen molar-refractivity contribution < 1.29 is 13.8 Å². The summed E-state index contributed by atoms with van der Waals surface area (Å²) in [6.45, 7) is 3.74. The highest BCUT2D eigenvalue weighted by atomic mass is 32.1. The lowest BCUT2D eigenvalue weighted by atomic mass is 10.1. The highest BCUT2D eigenvalue weighted by Gasteiger charge is 2.32. The zero-order valence-corrected chi connectivity index (χ0v) is 16.4. The molecule has 0 saturated carbocycles. The monoisotopic (exact) mass is 393 g/mol. The lowest BCUT2D eigenvalue weighted by Crippen LogP contribution is -3.08. The maximum absolute atomic E-state index is 6.06. The number of likely N-dealkylation sites (tertiary alicyclic amines) is 1. The van der Waals surface area contributed by atoms with Gasteiger partial charge in [0.15, 0.2) is 6.54 Å². The number of hydrogen-bond donors (Lipinski definition) is 1. The van der Waals surface area contributed by atoms with E-state index in [1.165, 1.54) is 22.6 Å². The van der Waals surface area contributed by atoms with Crippen LogP contribution < -0.4 is 4.90 Å². The molecule has 1 N–H and O–H groups in total. The van der Waals surface area contributed by atoms with Crippen LogP contribution in [0.4, 0.5) is 0 Å². The molecule has 0 radical (unpaired) electrons. The molecule has 142 valence electrons. The van der Waals surface area contributed by atoms with Gasteiger partial charge >= 0.3 is 0 Å². The molecule has 0 bridgehead atoms. The minimum absolute atomic E-state index is 0.471. The lowest BCUT2D eigenvalue weighted by Gasteiger charge is -2.18. The van der Waals surface area contributed by atoms with Crippen LogP contribution in [0.5, 0.6) is 0 Å². The second kappa shape index (κ2) is 7.33. The molecule has 3 aromatic heterocycles. The molecule has 0 aliphatic carbocycles. The fourth-order valence-electron chi connectivity index (χ4n) is 3.99. The Labute approximate surface area is 166 Å². The Balaban J connectivity index is 1.41. The van der Waals surface area contributed by atoms with Crippen LogP contribution in [-0.4, -0.2) is 21.9 Å². The van der Waals surface area contributed by atoms with E-state index in [9.17, 15) is 0 Å². The molecule has 2 atom stereocenters. The molecular formula is C21H21N4O2S+. The van der Waals surface area contributed by atoms with Crippen LogP contribution in [0.25, 0.3) is 22.7 Å². The van der Waals surface area contributed by atoms with Gasteiger partial charge in [-0.05, 0) is 18.4 Å². The smallest absolute Gasteiger partial charge is 0.271 e. The summed E-state index contributed by atoms with van der Waals surface area (Å²) in [4.78, 5) is 2.93. The maximum Gasteiger partial charge on any atom is 0.271 e. The van der Waals surface area contributed by atoms with E-state index in [1.54, 1.807) is 0 Å². The number of thiophene rings is 1. The second-order valence-corrected chi connectivity index (χ2v) is 8.10. The summed E-state index contributed by atoms with van der Waals surface area (Å²) < 4.78 is 11.5. The van der Waals surface area contributed by atoms with E-state index in [-0.39, 0.29) is 0 Å². The second-order valence-electron chi connectivity index (χ2n) is 7.12. The Hall–Kier alpha value is -2.77. The Morgan fingerprint density at radius 1 is 1.14 bits per heavy atom. The Bertz CT molecular complexity index is 1060. The summed E-state index contributed by atoms with van der Waals surface area (Å²) in [5, 5.41) is 15.0. The quantitative estimate of drug-likeness (QED) is 0.560.